The molecule has 0 saturated heterocycles. The molecule has 0 unspecified atom stereocenters. The van der Waals surface area contributed by atoms with E-state index in [9.17, 15) is 0 Å². The lowest BCUT2D eigenvalue weighted by molar-refractivity contribution is 1.09. The Morgan fingerprint density at radius 2 is 1.31 bits per heavy atom. The average molecular weight is 182 g/mol. The third kappa shape index (κ3) is 53.6. The first-order chi connectivity index (χ1) is 6.14. The summed E-state index contributed by atoms with van der Waals surface area (Å²) in [5, 5.41) is 0. The van der Waals surface area contributed by atoms with Gasteiger partial charge in [-0.25, -0.2) is 0 Å². The van der Waals surface area contributed by atoms with E-state index in [1.165, 1.54) is 12.8 Å². The average Bonchev–Trinajstić information content (AvgIpc) is 2.07. The minimum atomic E-state index is 1.15. The predicted molar refractivity (Wildman–Crippen MR) is 66.1 cm³/mol. The van der Waals surface area contributed by atoms with Crippen molar-refractivity contribution in [2.45, 2.75) is 47.5 Å². The van der Waals surface area contributed by atoms with E-state index < -0.39 is 0 Å². The molecule has 0 bridgehead atoms. The summed E-state index contributed by atoms with van der Waals surface area (Å²) in [7, 11) is 0. The molecule has 0 atom stereocenters. The molecule has 0 amide bonds. The number of allylic oxidation sites excluding steroid dienone is 4. The molecular weight excluding hydrogens is 156 g/mol. The van der Waals surface area contributed by atoms with Crippen molar-refractivity contribution in [2.75, 3.05) is 0 Å². The summed E-state index contributed by atoms with van der Waals surface area (Å²) < 4.78 is 0. The summed E-state index contributed by atoms with van der Waals surface area (Å²) >= 11 is 0. The van der Waals surface area contributed by atoms with Crippen LogP contribution in [-0.2, 0) is 0 Å². The largest absolute Gasteiger partial charge is 0.0991 e. The van der Waals surface area contributed by atoms with Crippen molar-refractivity contribution in [2.24, 2.45) is 0 Å². The van der Waals surface area contributed by atoms with E-state index in [0.717, 1.165) is 5.57 Å². The van der Waals surface area contributed by atoms with Crippen molar-refractivity contribution in [3.63, 3.8) is 0 Å². The van der Waals surface area contributed by atoms with Gasteiger partial charge in [-0.15, -0.1) is 0 Å². The minimum Gasteiger partial charge on any atom is -0.0991 e. The second-order valence-corrected chi connectivity index (χ2v) is 2.76. The number of rotatable bonds is 2. The van der Waals surface area contributed by atoms with Gasteiger partial charge in [0.2, 0.25) is 0 Å². The molecule has 0 aromatic heterocycles. The smallest absolute Gasteiger partial charge is 0.0398 e. The first-order valence-corrected chi connectivity index (χ1v) is 5.06. The second kappa shape index (κ2) is 22.5. The van der Waals surface area contributed by atoms with Gasteiger partial charge in [0.05, 0.1) is 0 Å². The summed E-state index contributed by atoms with van der Waals surface area (Å²) in [6.07, 6.45) is 7.95. The molecule has 0 aliphatic carbocycles. The van der Waals surface area contributed by atoms with Gasteiger partial charge in [-0.2, -0.15) is 0 Å². The van der Waals surface area contributed by atoms with E-state index >= 15 is 0 Å². The second-order valence-electron chi connectivity index (χ2n) is 2.76. The Labute approximate surface area is 85.1 Å². The standard InChI is InChI=1S/C7H10.2C3H8/c1-4-6-7(3)5-2;2*1-3-2/h4-6H,1-2H2,3H3;2*3H2,1-2H3/b7-6-;;. The Morgan fingerprint density at radius 1 is 1.00 bits per heavy atom. The monoisotopic (exact) mass is 182 g/mol. The number of hydrogen-bond acceptors (Lipinski definition) is 0. The molecule has 0 spiro atoms. The molecule has 0 fully saturated rings. The van der Waals surface area contributed by atoms with Gasteiger partial charge in [0.1, 0.15) is 0 Å². The van der Waals surface area contributed by atoms with Crippen molar-refractivity contribution >= 4 is 0 Å². The molecule has 0 aromatic carbocycles. The molecule has 0 heterocycles. The molecular formula is C13H26. The zero-order valence-electron chi connectivity index (χ0n) is 10.1. The zero-order valence-corrected chi connectivity index (χ0v) is 10.1. The molecule has 78 valence electrons. The van der Waals surface area contributed by atoms with E-state index in [-0.39, 0.29) is 0 Å². The van der Waals surface area contributed by atoms with E-state index in [1.807, 2.05) is 13.0 Å². The SMILES string of the molecule is C=C/C=C(/C)C=C.CCC.CCC. The highest BCUT2D eigenvalue weighted by atomic mass is 13.8. The Hall–Kier alpha value is -0.780. The lowest BCUT2D eigenvalue weighted by Gasteiger charge is -1.80. The van der Waals surface area contributed by atoms with Crippen LogP contribution < -0.4 is 0 Å². The quantitative estimate of drug-likeness (QED) is 0.519. The van der Waals surface area contributed by atoms with Gasteiger partial charge < -0.3 is 0 Å². The van der Waals surface area contributed by atoms with Gasteiger partial charge in [-0.1, -0.05) is 77.5 Å². The Morgan fingerprint density at radius 3 is 1.38 bits per heavy atom. The summed E-state index contributed by atoms with van der Waals surface area (Å²) in [6, 6.07) is 0. The van der Waals surface area contributed by atoms with Crippen LogP contribution in [0.4, 0.5) is 0 Å². The van der Waals surface area contributed by atoms with Crippen LogP contribution in [0.3, 0.4) is 0 Å². The first-order valence-electron chi connectivity index (χ1n) is 5.06. The maximum atomic E-state index is 3.56. The zero-order chi connectivity index (χ0) is 11.1. The van der Waals surface area contributed by atoms with E-state index in [2.05, 4.69) is 40.9 Å². The molecule has 0 aromatic rings. The molecule has 0 radical (unpaired) electrons. The predicted octanol–water partition coefficient (Wildman–Crippen LogP) is 5.14. The Kier molecular flexibility index (Phi) is 31.3. The van der Waals surface area contributed by atoms with Crippen LogP contribution in [0.15, 0.2) is 37.0 Å². The van der Waals surface area contributed by atoms with Crippen molar-refractivity contribution in [3.05, 3.63) is 37.0 Å². The van der Waals surface area contributed by atoms with Crippen molar-refractivity contribution in [1.29, 1.82) is 0 Å². The number of hydrogen-bond donors (Lipinski definition) is 0. The van der Waals surface area contributed by atoms with Crippen molar-refractivity contribution < 1.29 is 0 Å². The third-order valence-electron chi connectivity index (χ3n) is 0.703. The summed E-state index contributed by atoms with van der Waals surface area (Å²) in [5.41, 5.74) is 1.15. The summed E-state index contributed by atoms with van der Waals surface area (Å²) in [5.74, 6) is 0. The van der Waals surface area contributed by atoms with Crippen LogP contribution in [0.5, 0.6) is 0 Å². The Balaban J connectivity index is -0.000000140. The van der Waals surface area contributed by atoms with E-state index in [4.69, 9.17) is 0 Å². The molecule has 0 aliphatic heterocycles. The lowest BCUT2D eigenvalue weighted by Crippen LogP contribution is -1.58. The molecule has 0 rings (SSSR count). The highest BCUT2D eigenvalue weighted by Crippen LogP contribution is 1.90. The van der Waals surface area contributed by atoms with Gasteiger partial charge in [-0.3, -0.25) is 0 Å². The van der Waals surface area contributed by atoms with Crippen molar-refractivity contribution in [3.8, 4) is 0 Å². The minimum absolute atomic E-state index is 1.15. The summed E-state index contributed by atoms with van der Waals surface area (Å²) in [4.78, 5) is 0. The van der Waals surface area contributed by atoms with Crippen LogP contribution >= 0.6 is 0 Å². The summed E-state index contributed by atoms with van der Waals surface area (Å²) in [6.45, 7) is 17.6. The first kappa shape index (κ1) is 18.1. The van der Waals surface area contributed by atoms with Gasteiger partial charge in [-0.05, 0) is 6.92 Å². The molecule has 0 heteroatoms. The lowest BCUT2D eigenvalue weighted by atomic mass is 10.3. The van der Waals surface area contributed by atoms with Gasteiger partial charge >= 0.3 is 0 Å². The van der Waals surface area contributed by atoms with Gasteiger partial charge in [0.25, 0.3) is 0 Å². The van der Waals surface area contributed by atoms with Crippen LogP contribution in [-0.4, -0.2) is 0 Å². The fraction of sp³-hybridized carbons (Fsp3) is 0.538. The Bertz CT molecular complexity index is 116. The van der Waals surface area contributed by atoms with Crippen molar-refractivity contribution in [1.82, 2.24) is 0 Å². The van der Waals surface area contributed by atoms with Crippen LogP contribution in [0.25, 0.3) is 0 Å². The van der Waals surface area contributed by atoms with E-state index in [0.29, 0.717) is 0 Å². The molecule has 0 aliphatic rings. The van der Waals surface area contributed by atoms with E-state index in [1.54, 1.807) is 12.2 Å². The molecule has 13 heavy (non-hydrogen) atoms. The maximum absolute atomic E-state index is 3.56. The fourth-order valence-electron chi connectivity index (χ4n) is 0.254. The van der Waals surface area contributed by atoms with Crippen LogP contribution in [0, 0.1) is 0 Å². The van der Waals surface area contributed by atoms with Crippen LogP contribution in [0.1, 0.15) is 47.5 Å². The highest BCUT2D eigenvalue weighted by Gasteiger charge is 1.68. The van der Waals surface area contributed by atoms with Gasteiger partial charge in [0.15, 0.2) is 0 Å². The molecule has 0 N–H and O–H groups in total. The highest BCUT2D eigenvalue weighted by molar-refractivity contribution is 5.17. The van der Waals surface area contributed by atoms with Crippen LogP contribution in [0.2, 0.25) is 0 Å². The maximum Gasteiger partial charge on any atom is -0.0398 e. The fourth-order valence-corrected chi connectivity index (χ4v) is 0.254. The van der Waals surface area contributed by atoms with Gasteiger partial charge in [0, 0.05) is 0 Å². The third-order valence-corrected chi connectivity index (χ3v) is 0.703. The molecule has 0 saturated carbocycles. The topological polar surface area (TPSA) is 0 Å². The normalized spacial score (nSPS) is 8.54. The molecule has 0 nitrogen and oxygen atoms in total.